The molecule has 0 unspecified atom stereocenters. The van der Waals surface area contributed by atoms with Gasteiger partial charge in [0.1, 0.15) is 8.07 Å². The van der Waals surface area contributed by atoms with Gasteiger partial charge >= 0.3 is 14.2 Å². The lowest BCUT2D eigenvalue weighted by Crippen LogP contribution is -2.57. The van der Waals surface area contributed by atoms with Crippen molar-refractivity contribution in [2.24, 2.45) is 0 Å². The highest BCUT2D eigenvalue weighted by molar-refractivity contribution is 7.05. The first-order valence-corrected chi connectivity index (χ1v) is 19.6. The van der Waals surface area contributed by atoms with Crippen molar-refractivity contribution in [2.45, 2.75) is 155 Å². The lowest BCUT2D eigenvalue weighted by Gasteiger charge is -2.32. The molecule has 3 aliphatic rings. The predicted octanol–water partition coefficient (Wildman–Crippen LogP) is 6.99. The lowest BCUT2D eigenvalue weighted by atomic mass is 9.77. The van der Waals surface area contributed by atoms with E-state index in [1.807, 2.05) is 0 Å². The van der Waals surface area contributed by atoms with Crippen molar-refractivity contribution in [1.82, 2.24) is 0 Å². The number of rotatable bonds is 12. The summed E-state index contributed by atoms with van der Waals surface area (Å²) in [6.07, 6.45) is 10.3. The van der Waals surface area contributed by atoms with Gasteiger partial charge in [-0.25, -0.2) is 0 Å². The maximum atomic E-state index is 6.57. The van der Waals surface area contributed by atoms with E-state index in [1.54, 1.807) is 10.4 Å². The first-order valence-electron chi connectivity index (χ1n) is 17.2. The van der Waals surface area contributed by atoms with Gasteiger partial charge in [0.25, 0.3) is 0 Å². The van der Waals surface area contributed by atoms with E-state index in [9.17, 15) is 0 Å². The number of unbranched alkanes of at least 4 members (excludes halogenated alkanes) is 6. The van der Waals surface area contributed by atoms with Crippen LogP contribution in [0, 0.1) is 0 Å². The predicted molar refractivity (Wildman–Crippen MR) is 186 cm³/mol. The molecule has 2 aromatic rings. The van der Waals surface area contributed by atoms with Gasteiger partial charge in [-0.2, -0.15) is 0 Å². The SMILES string of the molecule is CCCCCC[Si]1(CCCCCC)c2cc(B3OC(C)(C)C(C)(C)O3)ccc2-c2ccc(B3OC(C)(C)C(C)(C)O3)cc21. The van der Waals surface area contributed by atoms with Crippen LogP contribution >= 0.6 is 0 Å². The number of hydrogen-bond acceptors (Lipinski definition) is 4. The van der Waals surface area contributed by atoms with Crippen LogP contribution in [-0.4, -0.2) is 44.7 Å². The third-order valence-electron chi connectivity index (χ3n) is 11.4. The van der Waals surface area contributed by atoms with E-state index < -0.39 is 8.07 Å². The fourth-order valence-corrected chi connectivity index (χ4v) is 12.8. The molecular weight excluding hydrogens is 546 g/mol. The quantitative estimate of drug-likeness (QED) is 0.194. The van der Waals surface area contributed by atoms with Crippen molar-refractivity contribution in [2.75, 3.05) is 0 Å². The standard InChI is InChI=1S/C36H56B2O4Si/c1-11-13-15-17-23-43(24-18-16-14-12-2)31-25-27(37-39-33(3,4)34(5,6)40-37)19-21-29(31)30-22-20-28(26-32(30)43)38-41-35(7,8)36(9,10)42-38/h19-22,25-26H,11-18,23-24H2,1-10H3. The van der Waals surface area contributed by atoms with Crippen LogP contribution in [0.3, 0.4) is 0 Å². The highest BCUT2D eigenvalue weighted by Crippen LogP contribution is 2.40. The molecule has 0 atom stereocenters. The lowest BCUT2D eigenvalue weighted by molar-refractivity contribution is 0.00578. The Morgan fingerprint density at radius 3 is 1.19 bits per heavy atom. The molecule has 0 saturated carbocycles. The Labute approximate surface area is 264 Å². The van der Waals surface area contributed by atoms with Gasteiger partial charge in [-0.3, -0.25) is 0 Å². The van der Waals surface area contributed by atoms with E-state index in [2.05, 4.69) is 106 Å². The summed E-state index contributed by atoms with van der Waals surface area (Å²) in [6.45, 7) is 21.8. The molecule has 43 heavy (non-hydrogen) atoms. The van der Waals surface area contributed by atoms with Crippen molar-refractivity contribution >= 4 is 43.6 Å². The van der Waals surface area contributed by atoms with E-state index in [0.717, 1.165) is 10.9 Å². The van der Waals surface area contributed by atoms with Crippen LogP contribution in [0.4, 0.5) is 0 Å². The molecule has 0 aliphatic carbocycles. The molecule has 0 aromatic heterocycles. The van der Waals surface area contributed by atoms with Gasteiger partial charge < -0.3 is 18.6 Å². The summed E-state index contributed by atoms with van der Waals surface area (Å²) in [6, 6.07) is 16.8. The van der Waals surface area contributed by atoms with Gasteiger partial charge in [0.2, 0.25) is 0 Å². The Kier molecular flexibility index (Phi) is 9.28. The maximum Gasteiger partial charge on any atom is 0.494 e. The number of fused-ring (bicyclic) bond motifs is 3. The zero-order valence-corrected chi connectivity index (χ0v) is 29.8. The number of benzene rings is 2. The summed E-state index contributed by atoms with van der Waals surface area (Å²) in [5.41, 5.74) is 3.75. The van der Waals surface area contributed by atoms with Gasteiger partial charge in [0, 0.05) is 0 Å². The second-order valence-electron chi connectivity index (χ2n) is 15.5. The fourth-order valence-electron chi connectivity index (χ4n) is 7.15. The molecule has 5 rings (SSSR count). The molecule has 2 aromatic carbocycles. The zero-order chi connectivity index (χ0) is 31.3. The average molecular weight is 603 g/mol. The smallest absolute Gasteiger partial charge is 0.399 e. The van der Waals surface area contributed by atoms with Gasteiger partial charge in [-0.15, -0.1) is 0 Å². The summed E-state index contributed by atoms with van der Waals surface area (Å²) in [5, 5.41) is 3.18. The monoisotopic (exact) mass is 602 g/mol. The van der Waals surface area contributed by atoms with Crippen molar-refractivity contribution in [3.63, 3.8) is 0 Å². The fraction of sp³-hybridized carbons (Fsp3) is 0.667. The van der Waals surface area contributed by atoms with E-state index in [4.69, 9.17) is 18.6 Å². The van der Waals surface area contributed by atoms with E-state index in [1.165, 1.54) is 74.6 Å². The molecule has 2 saturated heterocycles. The topological polar surface area (TPSA) is 36.9 Å². The molecule has 3 aliphatic heterocycles. The summed E-state index contributed by atoms with van der Waals surface area (Å²) >= 11 is 0. The second-order valence-corrected chi connectivity index (χ2v) is 19.7. The van der Waals surface area contributed by atoms with Crippen molar-refractivity contribution in [3.05, 3.63) is 36.4 Å². The zero-order valence-electron chi connectivity index (χ0n) is 28.8. The number of hydrogen-bond donors (Lipinski definition) is 0. The molecule has 0 bridgehead atoms. The van der Waals surface area contributed by atoms with Crippen LogP contribution in [0.5, 0.6) is 0 Å². The Morgan fingerprint density at radius 1 is 0.512 bits per heavy atom. The Morgan fingerprint density at radius 2 is 0.860 bits per heavy atom. The highest BCUT2D eigenvalue weighted by atomic mass is 28.3. The molecule has 234 valence electrons. The van der Waals surface area contributed by atoms with E-state index in [0.29, 0.717) is 0 Å². The molecule has 3 heterocycles. The van der Waals surface area contributed by atoms with Crippen LogP contribution in [0.25, 0.3) is 11.1 Å². The molecule has 7 heteroatoms. The normalized spacial score (nSPS) is 22.2. The van der Waals surface area contributed by atoms with Gasteiger partial charge in [0.05, 0.1) is 22.4 Å². The average Bonchev–Trinajstić information content (AvgIpc) is 3.43. The van der Waals surface area contributed by atoms with Crippen LogP contribution < -0.4 is 21.3 Å². The first kappa shape index (κ1) is 33.0. The molecule has 0 spiro atoms. The highest BCUT2D eigenvalue weighted by Gasteiger charge is 2.54. The van der Waals surface area contributed by atoms with Crippen molar-refractivity contribution in [3.8, 4) is 11.1 Å². The summed E-state index contributed by atoms with van der Waals surface area (Å²) in [4.78, 5) is 0. The van der Waals surface area contributed by atoms with E-state index >= 15 is 0 Å². The maximum absolute atomic E-state index is 6.57. The molecule has 4 nitrogen and oxygen atoms in total. The minimum Gasteiger partial charge on any atom is -0.399 e. The minimum absolute atomic E-state index is 0.341. The van der Waals surface area contributed by atoms with E-state index in [-0.39, 0.29) is 36.6 Å². The van der Waals surface area contributed by atoms with Gasteiger partial charge in [-0.05, 0) is 99.9 Å². The molecule has 2 fully saturated rings. The van der Waals surface area contributed by atoms with Crippen molar-refractivity contribution < 1.29 is 18.6 Å². The van der Waals surface area contributed by atoms with Crippen molar-refractivity contribution in [1.29, 1.82) is 0 Å². The first-order chi connectivity index (χ1) is 20.2. The van der Waals surface area contributed by atoms with Gasteiger partial charge in [0.15, 0.2) is 0 Å². The molecule has 0 amide bonds. The van der Waals surface area contributed by atoms with Crippen LogP contribution in [0.15, 0.2) is 36.4 Å². The summed E-state index contributed by atoms with van der Waals surface area (Å²) < 4.78 is 26.3. The largest absolute Gasteiger partial charge is 0.494 e. The summed E-state index contributed by atoms with van der Waals surface area (Å²) in [7, 11) is -2.79. The second kappa shape index (κ2) is 12.1. The minimum atomic E-state index is -2.10. The molecule has 0 N–H and O–H groups in total. The Bertz CT molecular complexity index is 1170. The Hall–Kier alpha value is -1.37. The summed E-state index contributed by atoms with van der Waals surface area (Å²) in [5.74, 6) is 0. The van der Waals surface area contributed by atoms with Crippen LogP contribution in [0.2, 0.25) is 12.1 Å². The Balaban J connectivity index is 1.60. The third-order valence-corrected chi connectivity index (χ3v) is 16.7. The molecule has 0 radical (unpaired) electrons. The third kappa shape index (κ3) is 5.99. The van der Waals surface area contributed by atoms with Crippen LogP contribution in [-0.2, 0) is 18.6 Å². The molecular formula is C36H56B2O4Si. The van der Waals surface area contributed by atoms with Gasteiger partial charge in [-0.1, -0.05) is 102 Å². The van der Waals surface area contributed by atoms with Crippen LogP contribution in [0.1, 0.15) is 121 Å².